The van der Waals surface area contributed by atoms with Gasteiger partial charge in [-0.05, 0) is 62.8 Å². The van der Waals surface area contributed by atoms with Crippen LogP contribution in [-0.4, -0.2) is 42.1 Å². The quantitative estimate of drug-likeness (QED) is 0.655. The lowest BCUT2D eigenvalue weighted by Crippen LogP contribution is -2.16. The standard InChI is InChI=1S/C19H22N4S/c1-23(2)13-6-12-20-19-16-8-3-4-9-17(16)21-18(22-19)11-10-15-7-5-14-24-15/h3-5,7-11,14H,6,12-13H2,1-2H3,(H,20,21,22). The Kier molecular flexibility index (Phi) is 5.56. The first-order valence-electron chi connectivity index (χ1n) is 8.09. The summed E-state index contributed by atoms with van der Waals surface area (Å²) in [6, 6.07) is 12.3. The molecule has 0 aliphatic carbocycles. The van der Waals surface area contributed by atoms with E-state index in [1.165, 1.54) is 4.88 Å². The molecule has 0 spiro atoms. The van der Waals surface area contributed by atoms with Crippen LogP contribution in [0.25, 0.3) is 23.1 Å². The summed E-state index contributed by atoms with van der Waals surface area (Å²) in [7, 11) is 4.18. The fourth-order valence-electron chi connectivity index (χ4n) is 2.45. The van der Waals surface area contributed by atoms with Crippen molar-refractivity contribution in [3.8, 4) is 0 Å². The maximum Gasteiger partial charge on any atom is 0.155 e. The van der Waals surface area contributed by atoms with Gasteiger partial charge in [0.05, 0.1) is 5.52 Å². The molecule has 0 amide bonds. The molecular weight excluding hydrogens is 316 g/mol. The lowest BCUT2D eigenvalue weighted by molar-refractivity contribution is 0.405. The Balaban J connectivity index is 1.82. The maximum absolute atomic E-state index is 4.70. The van der Waals surface area contributed by atoms with Crippen LogP contribution in [0.4, 0.5) is 5.82 Å². The topological polar surface area (TPSA) is 41.0 Å². The Hall–Kier alpha value is -2.24. The first-order valence-corrected chi connectivity index (χ1v) is 8.97. The van der Waals surface area contributed by atoms with Crippen LogP contribution in [0, 0.1) is 0 Å². The van der Waals surface area contributed by atoms with Gasteiger partial charge in [-0.3, -0.25) is 0 Å². The summed E-state index contributed by atoms with van der Waals surface area (Å²) in [5, 5.41) is 6.60. The number of thiophene rings is 1. The van der Waals surface area contributed by atoms with Gasteiger partial charge in [0.15, 0.2) is 5.82 Å². The van der Waals surface area contributed by atoms with Crippen molar-refractivity contribution < 1.29 is 0 Å². The van der Waals surface area contributed by atoms with Gasteiger partial charge in [0.2, 0.25) is 0 Å². The van der Waals surface area contributed by atoms with Crippen molar-refractivity contribution in [2.75, 3.05) is 32.5 Å². The number of nitrogens with one attached hydrogen (secondary N) is 1. The first kappa shape index (κ1) is 16.6. The molecule has 3 aromatic rings. The summed E-state index contributed by atoms with van der Waals surface area (Å²) >= 11 is 1.71. The van der Waals surface area contributed by atoms with Gasteiger partial charge in [-0.15, -0.1) is 11.3 Å². The second kappa shape index (κ2) is 8.04. The molecule has 0 radical (unpaired) electrons. The molecule has 0 atom stereocenters. The van der Waals surface area contributed by atoms with Crippen LogP contribution in [0.2, 0.25) is 0 Å². The number of fused-ring (bicyclic) bond motifs is 1. The Labute approximate surface area is 146 Å². The third kappa shape index (κ3) is 4.40. The van der Waals surface area contributed by atoms with Crippen molar-refractivity contribution in [1.82, 2.24) is 14.9 Å². The molecular formula is C19H22N4S. The highest BCUT2D eigenvalue weighted by Gasteiger charge is 2.05. The van der Waals surface area contributed by atoms with E-state index in [1.807, 2.05) is 30.3 Å². The fraction of sp³-hybridized carbons (Fsp3) is 0.263. The predicted octanol–water partition coefficient (Wildman–Crippen LogP) is 4.23. The van der Waals surface area contributed by atoms with Crippen LogP contribution < -0.4 is 5.32 Å². The van der Waals surface area contributed by atoms with Crippen molar-refractivity contribution in [3.05, 3.63) is 52.5 Å². The van der Waals surface area contributed by atoms with Crippen LogP contribution >= 0.6 is 11.3 Å². The second-order valence-corrected chi connectivity index (χ2v) is 6.86. The van der Waals surface area contributed by atoms with Gasteiger partial charge in [0.25, 0.3) is 0 Å². The van der Waals surface area contributed by atoms with Crippen molar-refractivity contribution >= 4 is 40.2 Å². The molecule has 0 bridgehead atoms. The Morgan fingerprint density at radius 1 is 1.08 bits per heavy atom. The third-order valence-electron chi connectivity index (χ3n) is 3.63. The smallest absolute Gasteiger partial charge is 0.155 e. The molecule has 124 valence electrons. The Bertz CT molecular complexity index is 809. The molecule has 2 aromatic heterocycles. The molecule has 0 fully saturated rings. The zero-order chi connectivity index (χ0) is 16.8. The van der Waals surface area contributed by atoms with Crippen molar-refractivity contribution in [2.24, 2.45) is 0 Å². The molecule has 0 aliphatic heterocycles. The molecule has 5 heteroatoms. The summed E-state index contributed by atoms with van der Waals surface area (Å²) in [5.41, 5.74) is 0.966. The van der Waals surface area contributed by atoms with E-state index in [4.69, 9.17) is 4.98 Å². The molecule has 0 unspecified atom stereocenters. The predicted molar refractivity (Wildman–Crippen MR) is 104 cm³/mol. The Morgan fingerprint density at radius 2 is 1.96 bits per heavy atom. The van der Waals surface area contributed by atoms with Crippen LogP contribution in [0.5, 0.6) is 0 Å². The minimum atomic E-state index is 0.734. The zero-order valence-electron chi connectivity index (χ0n) is 14.1. The largest absolute Gasteiger partial charge is 0.369 e. The van der Waals surface area contributed by atoms with E-state index in [2.05, 4.69) is 52.9 Å². The summed E-state index contributed by atoms with van der Waals surface area (Å²) in [4.78, 5) is 12.7. The minimum Gasteiger partial charge on any atom is -0.369 e. The van der Waals surface area contributed by atoms with Gasteiger partial charge in [-0.2, -0.15) is 0 Å². The molecule has 4 nitrogen and oxygen atoms in total. The van der Waals surface area contributed by atoms with E-state index < -0.39 is 0 Å². The van der Waals surface area contributed by atoms with Gasteiger partial charge < -0.3 is 10.2 Å². The van der Waals surface area contributed by atoms with Gasteiger partial charge >= 0.3 is 0 Å². The molecule has 24 heavy (non-hydrogen) atoms. The number of hydrogen-bond acceptors (Lipinski definition) is 5. The third-order valence-corrected chi connectivity index (χ3v) is 4.47. The van der Waals surface area contributed by atoms with Gasteiger partial charge in [0.1, 0.15) is 5.82 Å². The van der Waals surface area contributed by atoms with E-state index in [-0.39, 0.29) is 0 Å². The van der Waals surface area contributed by atoms with E-state index in [1.54, 1.807) is 11.3 Å². The lowest BCUT2D eigenvalue weighted by atomic mass is 10.2. The summed E-state index contributed by atoms with van der Waals surface area (Å²) < 4.78 is 0. The maximum atomic E-state index is 4.70. The minimum absolute atomic E-state index is 0.734. The molecule has 1 N–H and O–H groups in total. The number of rotatable bonds is 7. The summed E-state index contributed by atoms with van der Waals surface area (Å²) in [6.45, 7) is 1.95. The van der Waals surface area contributed by atoms with Crippen LogP contribution in [0.3, 0.4) is 0 Å². The number of anilines is 1. The second-order valence-electron chi connectivity index (χ2n) is 5.88. The average molecular weight is 338 g/mol. The van der Waals surface area contributed by atoms with E-state index in [0.717, 1.165) is 42.1 Å². The molecule has 2 heterocycles. The van der Waals surface area contributed by atoms with Crippen LogP contribution in [0.15, 0.2) is 41.8 Å². The fourth-order valence-corrected chi connectivity index (χ4v) is 3.07. The molecule has 1 aromatic carbocycles. The van der Waals surface area contributed by atoms with Crippen LogP contribution in [-0.2, 0) is 0 Å². The zero-order valence-corrected chi connectivity index (χ0v) is 14.9. The number of benzene rings is 1. The van der Waals surface area contributed by atoms with Crippen LogP contribution in [0.1, 0.15) is 17.1 Å². The highest BCUT2D eigenvalue weighted by atomic mass is 32.1. The number of aromatic nitrogens is 2. The van der Waals surface area contributed by atoms with E-state index in [0.29, 0.717) is 0 Å². The van der Waals surface area contributed by atoms with Crippen molar-refractivity contribution in [3.63, 3.8) is 0 Å². The monoisotopic (exact) mass is 338 g/mol. The van der Waals surface area contributed by atoms with Gasteiger partial charge in [-0.1, -0.05) is 18.2 Å². The van der Waals surface area contributed by atoms with Crippen molar-refractivity contribution in [2.45, 2.75) is 6.42 Å². The normalized spacial score (nSPS) is 11.6. The van der Waals surface area contributed by atoms with Gasteiger partial charge in [-0.25, -0.2) is 9.97 Å². The highest BCUT2D eigenvalue weighted by molar-refractivity contribution is 7.10. The number of hydrogen-bond donors (Lipinski definition) is 1. The Morgan fingerprint density at radius 3 is 2.75 bits per heavy atom. The molecule has 0 aliphatic rings. The highest BCUT2D eigenvalue weighted by Crippen LogP contribution is 2.21. The summed E-state index contributed by atoms with van der Waals surface area (Å²) in [5.74, 6) is 1.64. The molecule has 0 saturated heterocycles. The molecule has 3 rings (SSSR count). The van der Waals surface area contributed by atoms with E-state index >= 15 is 0 Å². The van der Waals surface area contributed by atoms with Crippen molar-refractivity contribution in [1.29, 1.82) is 0 Å². The SMILES string of the molecule is CN(C)CCCNc1nc(C=Cc2cccs2)nc2ccccc12. The first-order chi connectivity index (χ1) is 11.7. The average Bonchev–Trinajstić information content (AvgIpc) is 3.10. The van der Waals surface area contributed by atoms with E-state index in [9.17, 15) is 0 Å². The summed E-state index contributed by atoms with van der Waals surface area (Å²) in [6.07, 6.45) is 5.11. The lowest BCUT2D eigenvalue weighted by Gasteiger charge is -2.12. The molecule has 0 saturated carbocycles. The number of nitrogens with zero attached hydrogens (tertiary/aromatic N) is 3. The number of para-hydroxylation sites is 1. The van der Waals surface area contributed by atoms with Gasteiger partial charge in [0, 0.05) is 16.8 Å².